The Morgan fingerprint density at radius 1 is 1.29 bits per heavy atom. The van der Waals surface area contributed by atoms with Gasteiger partial charge in [-0.05, 0) is 17.5 Å². The number of carbonyl (C=O) groups excluding carboxylic acids is 1. The van der Waals surface area contributed by atoms with E-state index in [1.807, 2.05) is 29.2 Å². The maximum absolute atomic E-state index is 12.0. The predicted molar refractivity (Wildman–Crippen MR) is 85.4 cm³/mol. The summed E-state index contributed by atoms with van der Waals surface area (Å²) in [6.07, 6.45) is -0.254. The number of ether oxygens (including phenoxy) is 1. The molecule has 2 rings (SSSR count). The lowest BCUT2D eigenvalue weighted by Gasteiger charge is -2.47. The standard InChI is InChI=1S/C16H25N3O2/c1-16(2,3)14-11-18(9-10-19(14)15(20)21-4)13-8-6-5-7-12(13)17/h5-8,14H,9-11,17H2,1-4H3. The number of anilines is 2. The molecule has 1 fully saturated rings. The molecule has 5 heteroatoms. The third kappa shape index (κ3) is 3.23. The Morgan fingerprint density at radius 3 is 2.52 bits per heavy atom. The van der Waals surface area contributed by atoms with E-state index in [0.717, 1.165) is 24.5 Å². The van der Waals surface area contributed by atoms with Crippen LogP contribution in [0.1, 0.15) is 20.8 Å². The molecule has 1 aromatic carbocycles. The van der Waals surface area contributed by atoms with E-state index in [4.69, 9.17) is 10.5 Å². The summed E-state index contributed by atoms with van der Waals surface area (Å²) >= 11 is 0. The topological polar surface area (TPSA) is 58.8 Å². The molecule has 1 heterocycles. The third-order valence-corrected chi connectivity index (χ3v) is 4.07. The number of piperazine rings is 1. The molecule has 1 aliphatic heterocycles. The Kier molecular flexibility index (Phi) is 4.30. The van der Waals surface area contributed by atoms with Crippen LogP contribution >= 0.6 is 0 Å². The quantitative estimate of drug-likeness (QED) is 0.808. The van der Waals surface area contributed by atoms with Crippen LogP contribution in [0.15, 0.2) is 24.3 Å². The molecule has 0 spiro atoms. The van der Waals surface area contributed by atoms with Crippen molar-refractivity contribution in [3.63, 3.8) is 0 Å². The molecule has 0 saturated carbocycles. The second-order valence-corrected chi connectivity index (χ2v) is 6.55. The van der Waals surface area contributed by atoms with Crippen LogP contribution in [0.2, 0.25) is 0 Å². The van der Waals surface area contributed by atoms with Crippen molar-refractivity contribution >= 4 is 17.5 Å². The summed E-state index contributed by atoms with van der Waals surface area (Å²) in [5.74, 6) is 0. The van der Waals surface area contributed by atoms with Gasteiger partial charge in [0, 0.05) is 19.6 Å². The highest BCUT2D eigenvalue weighted by Crippen LogP contribution is 2.32. The lowest BCUT2D eigenvalue weighted by Crippen LogP contribution is -2.59. The number of nitrogens with zero attached hydrogens (tertiary/aromatic N) is 2. The fourth-order valence-electron chi connectivity index (χ4n) is 2.85. The van der Waals surface area contributed by atoms with Gasteiger partial charge in [-0.15, -0.1) is 0 Å². The summed E-state index contributed by atoms with van der Waals surface area (Å²) in [5, 5.41) is 0. The zero-order valence-electron chi connectivity index (χ0n) is 13.3. The number of benzene rings is 1. The van der Waals surface area contributed by atoms with Gasteiger partial charge in [-0.2, -0.15) is 0 Å². The van der Waals surface area contributed by atoms with E-state index in [9.17, 15) is 4.79 Å². The SMILES string of the molecule is COC(=O)N1CCN(c2ccccc2N)CC1C(C)(C)C. The number of nitrogens with two attached hydrogens (primary N) is 1. The summed E-state index contributed by atoms with van der Waals surface area (Å²) < 4.78 is 4.92. The van der Waals surface area contributed by atoms with Gasteiger partial charge >= 0.3 is 6.09 Å². The number of hydrogen-bond acceptors (Lipinski definition) is 4. The molecule has 21 heavy (non-hydrogen) atoms. The Hall–Kier alpha value is -1.91. The molecular formula is C16H25N3O2. The molecule has 1 aliphatic rings. The molecule has 1 aromatic rings. The Labute approximate surface area is 126 Å². The molecular weight excluding hydrogens is 266 g/mol. The molecule has 2 N–H and O–H groups in total. The molecule has 116 valence electrons. The minimum absolute atomic E-state index is 0.0313. The van der Waals surface area contributed by atoms with E-state index in [-0.39, 0.29) is 17.6 Å². The van der Waals surface area contributed by atoms with Crippen molar-refractivity contribution in [3.8, 4) is 0 Å². The maximum atomic E-state index is 12.0. The zero-order valence-corrected chi connectivity index (χ0v) is 13.3. The first-order chi connectivity index (χ1) is 9.84. The van der Waals surface area contributed by atoms with Crippen LogP contribution < -0.4 is 10.6 Å². The largest absolute Gasteiger partial charge is 0.453 e. The monoisotopic (exact) mass is 291 g/mol. The maximum Gasteiger partial charge on any atom is 0.409 e. The molecule has 1 saturated heterocycles. The van der Waals surface area contributed by atoms with E-state index < -0.39 is 0 Å². The summed E-state index contributed by atoms with van der Waals surface area (Å²) in [4.78, 5) is 16.1. The van der Waals surface area contributed by atoms with Crippen LogP contribution in [0.5, 0.6) is 0 Å². The van der Waals surface area contributed by atoms with Crippen LogP contribution in [0.3, 0.4) is 0 Å². The number of para-hydroxylation sites is 2. The fraction of sp³-hybridized carbons (Fsp3) is 0.562. The van der Waals surface area contributed by atoms with Gasteiger partial charge in [-0.25, -0.2) is 4.79 Å². The van der Waals surface area contributed by atoms with Gasteiger partial charge in [-0.1, -0.05) is 32.9 Å². The highest BCUT2D eigenvalue weighted by atomic mass is 16.5. The molecule has 1 amide bonds. The molecule has 0 aromatic heterocycles. The second-order valence-electron chi connectivity index (χ2n) is 6.55. The number of amides is 1. The van der Waals surface area contributed by atoms with Crippen molar-refractivity contribution in [1.82, 2.24) is 4.90 Å². The highest BCUT2D eigenvalue weighted by molar-refractivity contribution is 5.70. The van der Waals surface area contributed by atoms with Crippen molar-refractivity contribution < 1.29 is 9.53 Å². The Balaban J connectivity index is 2.25. The number of carbonyl (C=O) groups is 1. The minimum atomic E-state index is -0.254. The van der Waals surface area contributed by atoms with Gasteiger partial charge in [0.1, 0.15) is 0 Å². The molecule has 1 unspecified atom stereocenters. The van der Waals surface area contributed by atoms with Crippen molar-refractivity contribution in [2.45, 2.75) is 26.8 Å². The van der Waals surface area contributed by atoms with E-state index in [2.05, 4.69) is 25.7 Å². The summed E-state index contributed by atoms with van der Waals surface area (Å²) in [6, 6.07) is 7.95. The number of hydrogen-bond donors (Lipinski definition) is 1. The molecule has 0 bridgehead atoms. The molecule has 1 atom stereocenters. The Bertz CT molecular complexity index is 510. The Morgan fingerprint density at radius 2 is 1.95 bits per heavy atom. The smallest absolute Gasteiger partial charge is 0.409 e. The van der Waals surface area contributed by atoms with Crippen LogP contribution in [0.4, 0.5) is 16.2 Å². The van der Waals surface area contributed by atoms with Gasteiger partial charge in [0.05, 0.1) is 24.5 Å². The number of rotatable bonds is 1. The molecule has 0 radical (unpaired) electrons. The minimum Gasteiger partial charge on any atom is -0.453 e. The third-order valence-electron chi connectivity index (χ3n) is 4.07. The van der Waals surface area contributed by atoms with Crippen molar-refractivity contribution in [2.24, 2.45) is 5.41 Å². The van der Waals surface area contributed by atoms with Crippen molar-refractivity contribution in [1.29, 1.82) is 0 Å². The first-order valence-electron chi connectivity index (χ1n) is 7.28. The van der Waals surface area contributed by atoms with Gasteiger partial charge in [-0.3, -0.25) is 0 Å². The normalized spacial score (nSPS) is 19.5. The zero-order chi connectivity index (χ0) is 15.6. The number of methoxy groups -OCH3 is 1. The van der Waals surface area contributed by atoms with Gasteiger partial charge < -0.3 is 20.3 Å². The van der Waals surface area contributed by atoms with Crippen LogP contribution in [0.25, 0.3) is 0 Å². The lowest BCUT2D eigenvalue weighted by atomic mass is 9.84. The summed E-state index contributed by atoms with van der Waals surface area (Å²) in [6.45, 7) is 8.59. The lowest BCUT2D eigenvalue weighted by molar-refractivity contribution is 0.0628. The fourth-order valence-corrected chi connectivity index (χ4v) is 2.85. The van der Waals surface area contributed by atoms with Gasteiger partial charge in [0.2, 0.25) is 0 Å². The van der Waals surface area contributed by atoms with E-state index in [0.29, 0.717) is 6.54 Å². The van der Waals surface area contributed by atoms with Gasteiger partial charge in [0.15, 0.2) is 0 Å². The van der Waals surface area contributed by atoms with Crippen LogP contribution in [-0.4, -0.2) is 43.8 Å². The molecule has 0 aliphatic carbocycles. The van der Waals surface area contributed by atoms with Gasteiger partial charge in [0.25, 0.3) is 0 Å². The van der Waals surface area contributed by atoms with Crippen LogP contribution in [0, 0.1) is 5.41 Å². The first-order valence-corrected chi connectivity index (χ1v) is 7.28. The predicted octanol–water partition coefficient (Wildman–Crippen LogP) is 2.57. The average Bonchev–Trinajstić information content (AvgIpc) is 2.45. The van der Waals surface area contributed by atoms with E-state index in [1.165, 1.54) is 7.11 Å². The average molecular weight is 291 g/mol. The van der Waals surface area contributed by atoms with E-state index >= 15 is 0 Å². The first kappa shape index (κ1) is 15.5. The van der Waals surface area contributed by atoms with Crippen LogP contribution in [-0.2, 0) is 4.74 Å². The second kappa shape index (κ2) is 5.84. The summed E-state index contributed by atoms with van der Waals surface area (Å²) in [7, 11) is 1.43. The highest BCUT2D eigenvalue weighted by Gasteiger charge is 2.38. The van der Waals surface area contributed by atoms with E-state index in [1.54, 1.807) is 0 Å². The van der Waals surface area contributed by atoms with Crippen molar-refractivity contribution in [2.75, 3.05) is 37.4 Å². The number of nitrogen functional groups attached to an aromatic ring is 1. The van der Waals surface area contributed by atoms with Crippen molar-refractivity contribution in [3.05, 3.63) is 24.3 Å². The molecule has 5 nitrogen and oxygen atoms in total. The summed E-state index contributed by atoms with van der Waals surface area (Å²) in [5.41, 5.74) is 7.86.